The van der Waals surface area contributed by atoms with Crippen LogP contribution in [0.5, 0.6) is 11.6 Å². The number of anilines is 1. The highest BCUT2D eigenvalue weighted by Gasteiger charge is 2.02. The van der Waals surface area contributed by atoms with Crippen LogP contribution in [0.3, 0.4) is 0 Å². The first-order valence-electron chi connectivity index (χ1n) is 4.39. The van der Waals surface area contributed by atoms with E-state index in [1.807, 2.05) is 24.3 Å². The Bertz CT molecular complexity index is 474. The van der Waals surface area contributed by atoms with E-state index in [9.17, 15) is 0 Å². The maximum Gasteiger partial charge on any atom is 0.233 e. The Morgan fingerprint density at radius 2 is 2.07 bits per heavy atom. The van der Waals surface area contributed by atoms with Gasteiger partial charge >= 0.3 is 0 Å². The number of nitrogen functional groups attached to an aromatic ring is 1. The summed E-state index contributed by atoms with van der Waals surface area (Å²) in [5, 5.41) is 0. The lowest BCUT2D eigenvalue weighted by Crippen LogP contribution is -1.90. The van der Waals surface area contributed by atoms with Crippen molar-refractivity contribution < 1.29 is 4.74 Å². The standard InChI is InChI=1S/C11H9BrN2O/c12-10-5-2-6-14-11(10)15-9-4-1-3-8(13)7-9/h1-7H,13H2. The first-order chi connectivity index (χ1) is 7.25. The van der Waals surface area contributed by atoms with Crippen molar-refractivity contribution in [2.75, 3.05) is 5.73 Å². The minimum Gasteiger partial charge on any atom is -0.438 e. The third-order valence-electron chi connectivity index (χ3n) is 1.80. The summed E-state index contributed by atoms with van der Waals surface area (Å²) < 4.78 is 6.36. The molecule has 0 unspecified atom stereocenters. The summed E-state index contributed by atoms with van der Waals surface area (Å²) in [6.07, 6.45) is 1.67. The van der Waals surface area contributed by atoms with Gasteiger partial charge in [-0.15, -0.1) is 0 Å². The first-order valence-corrected chi connectivity index (χ1v) is 5.19. The van der Waals surface area contributed by atoms with Gasteiger partial charge in [-0.25, -0.2) is 4.98 Å². The van der Waals surface area contributed by atoms with Crippen LogP contribution in [-0.4, -0.2) is 4.98 Å². The average Bonchev–Trinajstić information content (AvgIpc) is 2.22. The normalized spacial score (nSPS) is 9.93. The van der Waals surface area contributed by atoms with Crippen molar-refractivity contribution in [1.29, 1.82) is 0 Å². The second-order valence-electron chi connectivity index (χ2n) is 2.96. The molecule has 0 aliphatic rings. The number of pyridine rings is 1. The summed E-state index contributed by atoms with van der Waals surface area (Å²) in [5.41, 5.74) is 6.30. The zero-order valence-corrected chi connectivity index (χ0v) is 9.44. The van der Waals surface area contributed by atoms with E-state index in [2.05, 4.69) is 20.9 Å². The zero-order chi connectivity index (χ0) is 10.7. The predicted octanol–water partition coefficient (Wildman–Crippen LogP) is 3.22. The van der Waals surface area contributed by atoms with Gasteiger partial charge in [0, 0.05) is 18.0 Å². The van der Waals surface area contributed by atoms with Gasteiger partial charge in [-0.3, -0.25) is 0 Å². The van der Waals surface area contributed by atoms with Gasteiger partial charge in [-0.05, 0) is 40.2 Å². The number of hydrogen-bond donors (Lipinski definition) is 1. The van der Waals surface area contributed by atoms with E-state index in [0.717, 1.165) is 4.47 Å². The van der Waals surface area contributed by atoms with Gasteiger partial charge in [0.25, 0.3) is 0 Å². The molecule has 1 aromatic carbocycles. The number of benzene rings is 1. The first kappa shape index (κ1) is 9.98. The average molecular weight is 265 g/mol. The molecule has 0 saturated carbocycles. The Morgan fingerprint density at radius 3 is 2.80 bits per heavy atom. The molecule has 0 atom stereocenters. The molecular weight excluding hydrogens is 256 g/mol. The van der Waals surface area contributed by atoms with Gasteiger partial charge in [0.1, 0.15) is 5.75 Å². The Morgan fingerprint density at radius 1 is 1.20 bits per heavy atom. The second-order valence-corrected chi connectivity index (χ2v) is 3.82. The van der Waals surface area contributed by atoms with Crippen LogP contribution in [0.4, 0.5) is 5.69 Å². The lowest BCUT2D eigenvalue weighted by Gasteiger charge is -2.06. The number of ether oxygens (including phenoxy) is 1. The van der Waals surface area contributed by atoms with Crippen LogP contribution in [0.15, 0.2) is 47.1 Å². The molecule has 1 aromatic heterocycles. The van der Waals surface area contributed by atoms with E-state index in [1.165, 1.54) is 0 Å². The number of hydrogen-bond acceptors (Lipinski definition) is 3. The molecule has 0 bridgehead atoms. The summed E-state index contributed by atoms with van der Waals surface area (Å²) in [7, 11) is 0. The number of rotatable bonds is 2. The molecule has 15 heavy (non-hydrogen) atoms. The van der Waals surface area contributed by atoms with E-state index in [1.54, 1.807) is 18.3 Å². The van der Waals surface area contributed by atoms with Crippen LogP contribution in [0, 0.1) is 0 Å². The number of aromatic nitrogens is 1. The van der Waals surface area contributed by atoms with Gasteiger partial charge in [0.2, 0.25) is 5.88 Å². The molecule has 1 heterocycles. The predicted molar refractivity (Wildman–Crippen MR) is 62.9 cm³/mol. The van der Waals surface area contributed by atoms with Crippen LogP contribution >= 0.6 is 15.9 Å². The fourth-order valence-corrected chi connectivity index (χ4v) is 1.47. The molecule has 2 rings (SSSR count). The van der Waals surface area contributed by atoms with E-state index < -0.39 is 0 Å². The summed E-state index contributed by atoms with van der Waals surface area (Å²) in [5.74, 6) is 1.21. The summed E-state index contributed by atoms with van der Waals surface area (Å²) in [6, 6.07) is 10.9. The highest BCUT2D eigenvalue weighted by Crippen LogP contribution is 2.27. The number of nitrogens with zero attached hydrogens (tertiary/aromatic N) is 1. The van der Waals surface area contributed by atoms with Gasteiger partial charge in [0.05, 0.1) is 4.47 Å². The monoisotopic (exact) mass is 264 g/mol. The van der Waals surface area contributed by atoms with Crippen LogP contribution in [0.25, 0.3) is 0 Å². The molecule has 0 spiro atoms. The maximum atomic E-state index is 5.64. The van der Waals surface area contributed by atoms with Crippen LogP contribution in [-0.2, 0) is 0 Å². The van der Waals surface area contributed by atoms with Crippen molar-refractivity contribution >= 4 is 21.6 Å². The number of nitrogens with two attached hydrogens (primary N) is 1. The molecule has 0 aliphatic carbocycles. The fraction of sp³-hybridized carbons (Fsp3) is 0. The van der Waals surface area contributed by atoms with E-state index in [-0.39, 0.29) is 0 Å². The summed E-state index contributed by atoms with van der Waals surface area (Å²) in [6.45, 7) is 0. The highest BCUT2D eigenvalue weighted by atomic mass is 79.9. The van der Waals surface area contributed by atoms with Gasteiger partial charge in [-0.2, -0.15) is 0 Å². The third-order valence-corrected chi connectivity index (χ3v) is 2.40. The van der Waals surface area contributed by atoms with Gasteiger partial charge in [0.15, 0.2) is 0 Å². The topological polar surface area (TPSA) is 48.1 Å². The smallest absolute Gasteiger partial charge is 0.233 e. The molecule has 76 valence electrons. The van der Waals surface area contributed by atoms with Crippen LogP contribution in [0.1, 0.15) is 0 Å². The minimum atomic E-state index is 0.531. The highest BCUT2D eigenvalue weighted by molar-refractivity contribution is 9.10. The summed E-state index contributed by atoms with van der Waals surface area (Å²) >= 11 is 3.35. The zero-order valence-electron chi connectivity index (χ0n) is 7.85. The molecule has 0 amide bonds. The van der Waals surface area contributed by atoms with Crippen molar-refractivity contribution in [2.24, 2.45) is 0 Å². The molecule has 0 radical (unpaired) electrons. The largest absolute Gasteiger partial charge is 0.438 e. The minimum absolute atomic E-state index is 0.531. The van der Waals surface area contributed by atoms with E-state index in [4.69, 9.17) is 10.5 Å². The molecule has 0 saturated heterocycles. The molecule has 2 aromatic rings. The lowest BCUT2D eigenvalue weighted by atomic mass is 10.3. The van der Waals surface area contributed by atoms with Crippen LogP contribution in [0.2, 0.25) is 0 Å². The Kier molecular flexibility index (Phi) is 2.87. The van der Waals surface area contributed by atoms with Crippen molar-refractivity contribution in [3.05, 3.63) is 47.1 Å². The SMILES string of the molecule is Nc1cccc(Oc2ncccc2Br)c1. The molecule has 0 fully saturated rings. The number of halogens is 1. The van der Waals surface area contributed by atoms with E-state index >= 15 is 0 Å². The van der Waals surface area contributed by atoms with Crippen molar-refractivity contribution in [2.45, 2.75) is 0 Å². The fourth-order valence-electron chi connectivity index (χ4n) is 1.14. The van der Waals surface area contributed by atoms with Crippen molar-refractivity contribution in [3.63, 3.8) is 0 Å². The van der Waals surface area contributed by atoms with Crippen LogP contribution < -0.4 is 10.5 Å². The van der Waals surface area contributed by atoms with Crippen molar-refractivity contribution in [3.8, 4) is 11.6 Å². The molecule has 0 aliphatic heterocycles. The third kappa shape index (κ3) is 2.47. The van der Waals surface area contributed by atoms with Gasteiger partial charge in [-0.1, -0.05) is 6.07 Å². The Hall–Kier alpha value is -1.55. The maximum absolute atomic E-state index is 5.64. The molecule has 4 heteroatoms. The van der Waals surface area contributed by atoms with E-state index in [0.29, 0.717) is 17.3 Å². The Labute approximate surface area is 96.0 Å². The molecule has 3 nitrogen and oxygen atoms in total. The lowest BCUT2D eigenvalue weighted by molar-refractivity contribution is 0.460. The summed E-state index contributed by atoms with van der Waals surface area (Å²) in [4.78, 5) is 4.09. The quantitative estimate of drug-likeness (QED) is 0.848. The van der Waals surface area contributed by atoms with Gasteiger partial charge < -0.3 is 10.5 Å². The van der Waals surface area contributed by atoms with Crippen molar-refractivity contribution in [1.82, 2.24) is 4.98 Å². The second kappa shape index (κ2) is 4.31. The molecular formula is C11H9BrN2O. The molecule has 2 N–H and O–H groups in total. The Balaban J connectivity index is 2.26.